The van der Waals surface area contributed by atoms with E-state index in [-0.39, 0.29) is 22.6 Å². The van der Waals surface area contributed by atoms with Crippen LogP contribution in [0.5, 0.6) is 0 Å². The summed E-state index contributed by atoms with van der Waals surface area (Å²) in [5.41, 5.74) is 1.63. The Morgan fingerprint density at radius 2 is 2.03 bits per heavy atom. The Labute approximate surface area is 174 Å². The van der Waals surface area contributed by atoms with Crippen LogP contribution in [0.15, 0.2) is 40.6 Å². The van der Waals surface area contributed by atoms with E-state index < -0.39 is 10.0 Å². The Bertz CT molecular complexity index is 1030. The zero-order chi connectivity index (χ0) is 20.6. The Kier molecular flexibility index (Phi) is 5.46. The van der Waals surface area contributed by atoms with E-state index in [1.165, 1.54) is 24.5 Å². The predicted molar refractivity (Wildman–Crippen MR) is 112 cm³/mol. The second kappa shape index (κ2) is 7.89. The summed E-state index contributed by atoms with van der Waals surface area (Å²) in [6.07, 6.45) is 2.18. The number of carbonyl (C=O) groups is 2. The molecule has 1 aromatic carbocycles. The largest absolute Gasteiger partial charge is 0.337 e. The minimum atomic E-state index is -3.51. The third kappa shape index (κ3) is 3.82. The maximum absolute atomic E-state index is 13.2. The van der Waals surface area contributed by atoms with Crippen molar-refractivity contribution < 1.29 is 18.0 Å². The molecule has 1 aromatic heterocycles. The summed E-state index contributed by atoms with van der Waals surface area (Å²) in [5.74, 6) is -0.239. The van der Waals surface area contributed by atoms with Crippen molar-refractivity contribution >= 4 is 38.9 Å². The molecule has 0 aliphatic carbocycles. The number of nitrogens with one attached hydrogen (secondary N) is 1. The fourth-order valence-corrected chi connectivity index (χ4v) is 5.50. The minimum Gasteiger partial charge on any atom is -0.337 e. The SMILES string of the molecule is CNS(=O)(=O)c1ccc2c(c1)CCN2C(=O)C1CCCN(C(=O)c2cccs2)C1. The maximum atomic E-state index is 13.2. The van der Waals surface area contributed by atoms with Gasteiger partial charge in [-0.25, -0.2) is 13.1 Å². The van der Waals surface area contributed by atoms with Gasteiger partial charge in [0, 0.05) is 25.3 Å². The molecule has 2 aliphatic rings. The van der Waals surface area contributed by atoms with Crippen molar-refractivity contribution in [2.45, 2.75) is 24.2 Å². The van der Waals surface area contributed by atoms with E-state index in [1.807, 2.05) is 17.5 Å². The third-order valence-corrected chi connectivity index (χ3v) is 7.85. The summed E-state index contributed by atoms with van der Waals surface area (Å²) in [6.45, 7) is 1.63. The van der Waals surface area contributed by atoms with Crippen LogP contribution in [0.1, 0.15) is 28.1 Å². The van der Waals surface area contributed by atoms with Gasteiger partial charge in [0.25, 0.3) is 5.91 Å². The van der Waals surface area contributed by atoms with Crippen molar-refractivity contribution in [1.82, 2.24) is 9.62 Å². The average molecular weight is 434 g/mol. The van der Waals surface area contributed by atoms with Gasteiger partial charge in [-0.15, -0.1) is 11.3 Å². The van der Waals surface area contributed by atoms with Gasteiger partial charge in [0.15, 0.2) is 0 Å². The first kappa shape index (κ1) is 20.1. The van der Waals surface area contributed by atoms with E-state index in [9.17, 15) is 18.0 Å². The highest BCUT2D eigenvalue weighted by atomic mass is 32.2. The van der Waals surface area contributed by atoms with Crippen molar-refractivity contribution in [2.24, 2.45) is 5.92 Å². The van der Waals surface area contributed by atoms with Gasteiger partial charge < -0.3 is 9.80 Å². The summed E-state index contributed by atoms with van der Waals surface area (Å²) in [4.78, 5) is 30.3. The number of amides is 2. The molecule has 1 unspecified atom stereocenters. The van der Waals surface area contributed by atoms with E-state index in [1.54, 1.807) is 21.9 Å². The monoisotopic (exact) mass is 433 g/mol. The Hall–Kier alpha value is -2.23. The van der Waals surface area contributed by atoms with Crippen molar-refractivity contribution in [2.75, 3.05) is 31.6 Å². The highest BCUT2D eigenvalue weighted by Crippen LogP contribution is 2.33. The van der Waals surface area contributed by atoms with Gasteiger partial charge in [0.1, 0.15) is 0 Å². The number of thiophene rings is 1. The fraction of sp³-hybridized carbons (Fsp3) is 0.400. The Morgan fingerprint density at radius 3 is 2.76 bits per heavy atom. The van der Waals surface area contributed by atoms with Crippen molar-refractivity contribution in [3.05, 3.63) is 46.2 Å². The minimum absolute atomic E-state index is 0.0108. The van der Waals surface area contributed by atoms with Crippen molar-refractivity contribution in [3.8, 4) is 0 Å². The summed E-state index contributed by atoms with van der Waals surface area (Å²) in [7, 11) is -2.13. The number of hydrogen-bond donors (Lipinski definition) is 1. The normalized spacial score (nSPS) is 19.3. The maximum Gasteiger partial charge on any atom is 0.263 e. The molecule has 1 atom stereocenters. The Morgan fingerprint density at radius 1 is 1.21 bits per heavy atom. The molecule has 1 saturated heterocycles. The number of piperidine rings is 1. The second-order valence-electron chi connectivity index (χ2n) is 7.31. The van der Waals surface area contributed by atoms with Gasteiger partial charge in [0.2, 0.25) is 15.9 Å². The number of benzene rings is 1. The summed E-state index contributed by atoms with van der Waals surface area (Å²) < 4.78 is 26.4. The molecule has 0 spiro atoms. The average Bonchev–Trinajstić information content (AvgIpc) is 3.42. The number of carbonyl (C=O) groups excluding carboxylic acids is 2. The van der Waals surface area contributed by atoms with Crippen LogP contribution >= 0.6 is 11.3 Å². The van der Waals surface area contributed by atoms with Crippen LogP contribution in [0, 0.1) is 5.92 Å². The molecule has 2 aromatic rings. The van der Waals surface area contributed by atoms with Gasteiger partial charge in [0.05, 0.1) is 15.7 Å². The van der Waals surface area contributed by atoms with E-state index in [4.69, 9.17) is 0 Å². The predicted octanol–water partition coefficient (Wildman–Crippen LogP) is 2.10. The molecule has 2 aliphatic heterocycles. The van der Waals surface area contributed by atoms with E-state index >= 15 is 0 Å². The zero-order valence-electron chi connectivity index (χ0n) is 16.1. The summed E-state index contributed by atoms with van der Waals surface area (Å²) in [5, 5.41) is 1.88. The molecule has 0 bridgehead atoms. The number of anilines is 1. The molecule has 0 saturated carbocycles. The highest BCUT2D eigenvalue weighted by molar-refractivity contribution is 7.89. The van der Waals surface area contributed by atoms with Crippen LogP contribution in [0.4, 0.5) is 5.69 Å². The van der Waals surface area contributed by atoms with Crippen molar-refractivity contribution in [3.63, 3.8) is 0 Å². The number of rotatable bonds is 4. The van der Waals surface area contributed by atoms with E-state index in [0.717, 1.165) is 24.1 Å². The first-order valence-corrected chi connectivity index (χ1v) is 12.0. The number of fused-ring (bicyclic) bond motifs is 1. The standard InChI is InChI=1S/C20H23N3O4S2/c1-21-29(26,27)16-6-7-17-14(12-16)8-10-23(17)19(24)15-4-2-9-22(13-15)20(25)18-5-3-11-28-18/h3,5-7,11-12,15,21H,2,4,8-10,13H2,1H3. The van der Waals surface area contributed by atoms with Gasteiger partial charge in [-0.1, -0.05) is 6.07 Å². The first-order valence-electron chi connectivity index (χ1n) is 9.61. The number of sulfonamides is 1. The van der Waals surface area contributed by atoms with Crippen LogP contribution < -0.4 is 9.62 Å². The van der Waals surface area contributed by atoms with Crippen LogP contribution in [0.2, 0.25) is 0 Å². The van der Waals surface area contributed by atoms with Gasteiger partial charge in [-0.2, -0.15) is 0 Å². The lowest BCUT2D eigenvalue weighted by atomic mass is 9.96. The molecule has 2 amide bonds. The zero-order valence-corrected chi connectivity index (χ0v) is 17.8. The molecular formula is C20H23N3O4S2. The molecule has 29 heavy (non-hydrogen) atoms. The lowest BCUT2D eigenvalue weighted by Crippen LogP contribution is -2.46. The molecule has 1 fully saturated rings. The van der Waals surface area contributed by atoms with Gasteiger partial charge in [-0.05, 0) is 61.5 Å². The highest BCUT2D eigenvalue weighted by Gasteiger charge is 2.35. The lowest BCUT2D eigenvalue weighted by Gasteiger charge is -2.34. The number of likely N-dealkylation sites (tertiary alicyclic amines) is 1. The van der Waals surface area contributed by atoms with Gasteiger partial charge in [-0.3, -0.25) is 9.59 Å². The smallest absolute Gasteiger partial charge is 0.263 e. The van der Waals surface area contributed by atoms with Crippen LogP contribution in [0.3, 0.4) is 0 Å². The van der Waals surface area contributed by atoms with Crippen LogP contribution in [0.25, 0.3) is 0 Å². The summed E-state index contributed by atoms with van der Waals surface area (Å²) in [6, 6.07) is 8.55. The molecular weight excluding hydrogens is 410 g/mol. The third-order valence-electron chi connectivity index (χ3n) is 5.58. The molecule has 1 N–H and O–H groups in total. The summed E-state index contributed by atoms with van der Waals surface area (Å²) >= 11 is 1.41. The van der Waals surface area contributed by atoms with Crippen LogP contribution in [-0.2, 0) is 21.2 Å². The topological polar surface area (TPSA) is 86.8 Å². The number of hydrogen-bond acceptors (Lipinski definition) is 5. The number of nitrogens with zero attached hydrogens (tertiary/aromatic N) is 2. The van der Waals surface area contributed by atoms with E-state index in [0.29, 0.717) is 30.9 Å². The quantitative estimate of drug-likeness (QED) is 0.800. The van der Waals surface area contributed by atoms with Gasteiger partial charge >= 0.3 is 0 Å². The molecule has 4 rings (SSSR count). The molecule has 7 nitrogen and oxygen atoms in total. The Balaban J connectivity index is 1.50. The second-order valence-corrected chi connectivity index (χ2v) is 10.1. The van der Waals surface area contributed by atoms with E-state index in [2.05, 4.69) is 4.72 Å². The lowest BCUT2D eigenvalue weighted by molar-refractivity contribution is -0.123. The molecule has 0 radical (unpaired) electrons. The first-order chi connectivity index (χ1) is 13.9. The fourth-order valence-electron chi connectivity index (χ4n) is 4.03. The molecule has 3 heterocycles. The molecule has 154 valence electrons. The molecule has 9 heteroatoms. The van der Waals surface area contributed by atoms with Crippen molar-refractivity contribution in [1.29, 1.82) is 0 Å². The van der Waals surface area contributed by atoms with Crippen LogP contribution in [-0.4, -0.2) is 51.8 Å².